The standard InChI is InChI=1S/C12H16N2O5S/c1-7(15)9-8(10(16)17)14-11(20-9)13-5-12(18-2)3-4-19-6-12/h3-6H2,1-2H3,(H,13,14)(H,16,17). The molecular weight excluding hydrogens is 284 g/mol. The van der Waals surface area contributed by atoms with Gasteiger partial charge in [0.2, 0.25) is 0 Å². The van der Waals surface area contributed by atoms with Gasteiger partial charge in [0.25, 0.3) is 0 Å². The summed E-state index contributed by atoms with van der Waals surface area (Å²) in [4.78, 5) is 26.5. The number of methoxy groups -OCH3 is 1. The zero-order valence-electron chi connectivity index (χ0n) is 11.3. The molecule has 1 atom stereocenters. The Morgan fingerprint density at radius 3 is 2.80 bits per heavy atom. The van der Waals surface area contributed by atoms with Crippen molar-refractivity contribution in [2.75, 3.05) is 32.2 Å². The zero-order chi connectivity index (χ0) is 14.8. The maximum absolute atomic E-state index is 11.4. The van der Waals surface area contributed by atoms with Gasteiger partial charge in [0.05, 0.1) is 6.61 Å². The van der Waals surface area contributed by atoms with E-state index in [1.807, 2.05) is 0 Å². The minimum atomic E-state index is -1.20. The fraction of sp³-hybridized carbons (Fsp3) is 0.583. The number of ether oxygens (including phenoxy) is 2. The number of nitrogens with zero attached hydrogens (tertiary/aromatic N) is 1. The highest BCUT2D eigenvalue weighted by Gasteiger charge is 2.35. The van der Waals surface area contributed by atoms with Crippen molar-refractivity contribution in [3.8, 4) is 0 Å². The molecule has 1 aromatic heterocycles. The fourth-order valence-corrected chi connectivity index (χ4v) is 2.83. The molecule has 0 amide bonds. The second-order valence-corrected chi connectivity index (χ2v) is 5.60. The van der Waals surface area contributed by atoms with Crippen LogP contribution in [0.15, 0.2) is 0 Å². The van der Waals surface area contributed by atoms with Gasteiger partial charge in [-0.2, -0.15) is 0 Å². The van der Waals surface area contributed by atoms with Gasteiger partial charge in [-0.3, -0.25) is 4.79 Å². The number of carbonyl (C=O) groups excluding carboxylic acids is 1. The molecule has 1 aliphatic heterocycles. The number of hydrogen-bond acceptors (Lipinski definition) is 7. The van der Waals surface area contributed by atoms with Gasteiger partial charge in [0, 0.05) is 33.6 Å². The lowest BCUT2D eigenvalue weighted by molar-refractivity contribution is -0.00620. The third kappa shape index (κ3) is 2.97. The lowest BCUT2D eigenvalue weighted by atomic mass is 10.0. The van der Waals surface area contributed by atoms with Gasteiger partial charge in [0.15, 0.2) is 16.6 Å². The molecular formula is C12H16N2O5S. The number of rotatable bonds is 6. The molecule has 1 fully saturated rings. The van der Waals surface area contributed by atoms with Crippen molar-refractivity contribution < 1.29 is 24.2 Å². The summed E-state index contributed by atoms with van der Waals surface area (Å²) in [5.74, 6) is -1.51. The topological polar surface area (TPSA) is 97.8 Å². The predicted octanol–water partition coefficient (Wildman–Crippen LogP) is 1.26. The molecule has 110 valence electrons. The number of carboxylic acid groups (broad SMARTS) is 1. The molecule has 2 rings (SSSR count). The number of aromatic nitrogens is 1. The van der Waals surface area contributed by atoms with Gasteiger partial charge in [0.1, 0.15) is 10.5 Å². The van der Waals surface area contributed by atoms with E-state index in [9.17, 15) is 9.59 Å². The van der Waals surface area contributed by atoms with Crippen molar-refractivity contribution in [3.05, 3.63) is 10.6 Å². The molecule has 0 saturated carbocycles. The Kier molecular flexibility index (Phi) is 4.36. The Bertz CT molecular complexity index is 490. The Labute approximate surface area is 119 Å². The smallest absolute Gasteiger partial charge is 0.356 e. The molecule has 0 spiro atoms. The largest absolute Gasteiger partial charge is 0.476 e. The Hall–Kier alpha value is -1.51. The van der Waals surface area contributed by atoms with Crippen LogP contribution < -0.4 is 5.32 Å². The van der Waals surface area contributed by atoms with Crippen LogP contribution in [0.2, 0.25) is 0 Å². The third-order valence-corrected chi connectivity index (χ3v) is 4.33. The van der Waals surface area contributed by atoms with Crippen molar-refractivity contribution in [1.29, 1.82) is 0 Å². The molecule has 1 aliphatic rings. The minimum Gasteiger partial charge on any atom is -0.476 e. The van der Waals surface area contributed by atoms with E-state index in [0.29, 0.717) is 24.9 Å². The number of Topliss-reactive ketones (excluding diaryl/α,β-unsaturated/α-hetero) is 1. The number of anilines is 1. The molecule has 1 unspecified atom stereocenters. The molecule has 7 nitrogen and oxygen atoms in total. The van der Waals surface area contributed by atoms with Crippen LogP contribution in [0.25, 0.3) is 0 Å². The number of hydrogen-bond donors (Lipinski definition) is 2. The van der Waals surface area contributed by atoms with Crippen LogP contribution in [-0.2, 0) is 9.47 Å². The molecule has 0 aliphatic carbocycles. The molecule has 2 N–H and O–H groups in total. The highest BCUT2D eigenvalue weighted by Crippen LogP contribution is 2.27. The van der Waals surface area contributed by atoms with E-state index in [4.69, 9.17) is 14.6 Å². The molecule has 2 heterocycles. The van der Waals surface area contributed by atoms with Crippen molar-refractivity contribution in [2.24, 2.45) is 0 Å². The zero-order valence-corrected chi connectivity index (χ0v) is 12.1. The second-order valence-electron chi connectivity index (χ2n) is 4.60. The maximum atomic E-state index is 11.4. The van der Waals surface area contributed by atoms with Crippen molar-refractivity contribution in [1.82, 2.24) is 4.98 Å². The quantitative estimate of drug-likeness (QED) is 0.763. The first-order valence-corrected chi connectivity index (χ1v) is 6.91. The summed E-state index contributed by atoms with van der Waals surface area (Å²) in [6, 6.07) is 0. The highest BCUT2D eigenvalue weighted by molar-refractivity contribution is 7.17. The first kappa shape index (κ1) is 14.9. The van der Waals surface area contributed by atoms with Gasteiger partial charge in [-0.15, -0.1) is 0 Å². The summed E-state index contributed by atoms with van der Waals surface area (Å²) in [7, 11) is 1.61. The first-order chi connectivity index (χ1) is 9.47. The van der Waals surface area contributed by atoms with E-state index >= 15 is 0 Å². The molecule has 8 heteroatoms. The van der Waals surface area contributed by atoms with Gasteiger partial charge in [-0.25, -0.2) is 9.78 Å². The molecule has 0 aromatic carbocycles. The fourth-order valence-electron chi connectivity index (χ4n) is 1.98. The Morgan fingerprint density at radius 1 is 1.60 bits per heavy atom. The van der Waals surface area contributed by atoms with E-state index in [2.05, 4.69) is 10.3 Å². The maximum Gasteiger partial charge on any atom is 0.356 e. The number of carboxylic acids is 1. The van der Waals surface area contributed by atoms with Gasteiger partial charge in [-0.05, 0) is 0 Å². The summed E-state index contributed by atoms with van der Waals surface area (Å²) >= 11 is 1.04. The SMILES string of the molecule is COC1(CNc2nc(C(=O)O)c(C(C)=O)s2)CCOC1. The van der Waals surface area contributed by atoms with Crippen LogP contribution in [0.1, 0.15) is 33.5 Å². The normalized spacial score (nSPS) is 21.9. The highest BCUT2D eigenvalue weighted by atomic mass is 32.1. The van der Waals surface area contributed by atoms with E-state index in [1.165, 1.54) is 6.92 Å². The summed E-state index contributed by atoms with van der Waals surface area (Å²) in [6.45, 7) is 2.89. The number of thiazole rings is 1. The Morgan fingerprint density at radius 2 is 2.35 bits per heavy atom. The first-order valence-electron chi connectivity index (χ1n) is 6.09. The monoisotopic (exact) mass is 300 g/mol. The Balaban J connectivity index is 2.12. The van der Waals surface area contributed by atoms with Gasteiger partial charge >= 0.3 is 5.97 Å². The van der Waals surface area contributed by atoms with Crippen LogP contribution in [0, 0.1) is 0 Å². The average molecular weight is 300 g/mol. The van der Waals surface area contributed by atoms with Crippen molar-refractivity contribution in [3.63, 3.8) is 0 Å². The lowest BCUT2D eigenvalue weighted by Crippen LogP contribution is -2.39. The molecule has 0 radical (unpaired) electrons. The van der Waals surface area contributed by atoms with Crippen molar-refractivity contribution >= 4 is 28.2 Å². The average Bonchev–Trinajstić information content (AvgIpc) is 3.04. The number of ketones is 1. The van der Waals surface area contributed by atoms with E-state index in [0.717, 1.165) is 17.8 Å². The minimum absolute atomic E-state index is 0.147. The van der Waals surface area contributed by atoms with Crippen LogP contribution in [0.4, 0.5) is 5.13 Å². The summed E-state index contributed by atoms with van der Waals surface area (Å²) < 4.78 is 10.8. The summed E-state index contributed by atoms with van der Waals surface area (Å²) in [5.41, 5.74) is -0.634. The number of carbonyl (C=O) groups is 2. The number of nitrogens with one attached hydrogen (secondary N) is 1. The van der Waals surface area contributed by atoms with Crippen LogP contribution in [0.3, 0.4) is 0 Å². The summed E-state index contributed by atoms with van der Waals surface area (Å²) in [6.07, 6.45) is 0.757. The predicted molar refractivity (Wildman–Crippen MR) is 72.7 cm³/mol. The third-order valence-electron chi connectivity index (χ3n) is 3.21. The summed E-state index contributed by atoms with van der Waals surface area (Å²) in [5, 5.41) is 12.5. The van der Waals surface area contributed by atoms with Crippen LogP contribution in [-0.4, -0.2) is 54.3 Å². The number of aromatic carboxylic acids is 1. The molecule has 1 aromatic rings. The van der Waals surface area contributed by atoms with Crippen LogP contribution in [0.5, 0.6) is 0 Å². The second kappa shape index (κ2) is 5.86. The molecule has 0 bridgehead atoms. The van der Waals surface area contributed by atoms with Gasteiger partial charge < -0.3 is 19.9 Å². The molecule has 1 saturated heterocycles. The van der Waals surface area contributed by atoms with Gasteiger partial charge in [-0.1, -0.05) is 11.3 Å². The molecule has 20 heavy (non-hydrogen) atoms. The lowest BCUT2D eigenvalue weighted by Gasteiger charge is -2.25. The van der Waals surface area contributed by atoms with Crippen molar-refractivity contribution in [2.45, 2.75) is 18.9 Å². The van der Waals surface area contributed by atoms with Crippen LogP contribution >= 0.6 is 11.3 Å². The van der Waals surface area contributed by atoms with E-state index < -0.39 is 11.6 Å². The van der Waals surface area contributed by atoms with E-state index in [-0.39, 0.29) is 16.4 Å². The van der Waals surface area contributed by atoms with E-state index in [1.54, 1.807) is 7.11 Å².